The van der Waals surface area contributed by atoms with E-state index in [-0.39, 0.29) is 5.41 Å². The van der Waals surface area contributed by atoms with E-state index in [0.29, 0.717) is 5.82 Å². The molecule has 0 atom stereocenters. The highest BCUT2D eigenvalue weighted by atomic mass is 16.3. The second kappa shape index (κ2) is 10.8. The SMILES string of the molecule is CC1(C)c2ccccc2-c2c(-c3ccc(-c4nc(-c5ccccc5)cc(-c5ccc6oc7ccccc7c6c5)n4)c4ccccc34)cccc21. The van der Waals surface area contributed by atoms with Crippen LogP contribution in [0.5, 0.6) is 0 Å². The fraction of sp³-hybridized carbons (Fsp3) is 0.0638. The van der Waals surface area contributed by atoms with E-state index in [9.17, 15) is 0 Å². The van der Waals surface area contributed by atoms with Gasteiger partial charge in [-0.05, 0) is 80.6 Å². The molecule has 2 heterocycles. The summed E-state index contributed by atoms with van der Waals surface area (Å²) in [5, 5.41) is 4.49. The number of para-hydroxylation sites is 1. The third-order valence-corrected chi connectivity index (χ3v) is 10.5. The molecule has 0 spiro atoms. The number of benzene rings is 7. The predicted molar refractivity (Wildman–Crippen MR) is 206 cm³/mol. The lowest BCUT2D eigenvalue weighted by molar-refractivity contribution is 0.660. The molecule has 1 aliphatic rings. The summed E-state index contributed by atoms with van der Waals surface area (Å²) in [7, 11) is 0. The average molecular weight is 641 g/mol. The van der Waals surface area contributed by atoms with Crippen LogP contribution in [0.4, 0.5) is 0 Å². The van der Waals surface area contributed by atoms with Crippen molar-refractivity contribution in [2.24, 2.45) is 0 Å². The predicted octanol–water partition coefficient (Wildman–Crippen LogP) is 12.5. The zero-order valence-electron chi connectivity index (χ0n) is 27.8. The van der Waals surface area contributed by atoms with Crippen molar-refractivity contribution in [3.63, 3.8) is 0 Å². The van der Waals surface area contributed by atoms with Crippen LogP contribution in [0, 0.1) is 0 Å². The van der Waals surface area contributed by atoms with E-state index in [1.54, 1.807) is 0 Å². The molecule has 50 heavy (non-hydrogen) atoms. The van der Waals surface area contributed by atoms with Crippen molar-refractivity contribution in [3.05, 3.63) is 169 Å². The van der Waals surface area contributed by atoms with E-state index < -0.39 is 0 Å². The number of rotatable bonds is 4. The van der Waals surface area contributed by atoms with Gasteiger partial charge < -0.3 is 4.42 Å². The lowest BCUT2D eigenvalue weighted by Crippen LogP contribution is -2.14. The molecule has 0 fully saturated rings. The quantitative estimate of drug-likeness (QED) is 0.192. The van der Waals surface area contributed by atoms with Gasteiger partial charge in [-0.2, -0.15) is 0 Å². The van der Waals surface area contributed by atoms with Gasteiger partial charge in [0.05, 0.1) is 11.4 Å². The van der Waals surface area contributed by atoms with E-state index >= 15 is 0 Å². The molecule has 2 aromatic heterocycles. The molecule has 10 rings (SSSR count). The molecule has 0 saturated carbocycles. The summed E-state index contributed by atoms with van der Waals surface area (Å²) < 4.78 is 6.15. The molecule has 3 nitrogen and oxygen atoms in total. The number of hydrogen-bond acceptors (Lipinski definition) is 3. The molecule has 0 amide bonds. The van der Waals surface area contributed by atoms with Crippen molar-refractivity contribution in [1.82, 2.24) is 9.97 Å². The van der Waals surface area contributed by atoms with Gasteiger partial charge >= 0.3 is 0 Å². The Morgan fingerprint density at radius 1 is 0.420 bits per heavy atom. The number of hydrogen-bond donors (Lipinski definition) is 0. The summed E-state index contributed by atoms with van der Waals surface area (Å²) in [5.74, 6) is 0.700. The summed E-state index contributed by atoms with van der Waals surface area (Å²) >= 11 is 0. The first-order valence-electron chi connectivity index (χ1n) is 17.2. The van der Waals surface area contributed by atoms with Crippen LogP contribution in [0.2, 0.25) is 0 Å². The minimum absolute atomic E-state index is 0.0639. The first-order chi connectivity index (χ1) is 24.5. The Morgan fingerprint density at radius 2 is 1.04 bits per heavy atom. The van der Waals surface area contributed by atoms with E-state index in [1.165, 1.54) is 38.8 Å². The van der Waals surface area contributed by atoms with Crippen LogP contribution in [0.3, 0.4) is 0 Å². The molecular weight excluding hydrogens is 609 g/mol. The maximum atomic E-state index is 6.15. The van der Waals surface area contributed by atoms with Crippen LogP contribution in [0.25, 0.3) is 88.9 Å². The van der Waals surface area contributed by atoms with Crippen LogP contribution in [0.1, 0.15) is 25.0 Å². The Labute approximate surface area is 290 Å². The fourth-order valence-electron chi connectivity index (χ4n) is 8.07. The largest absolute Gasteiger partial charge is 0.456 e. The number of furan rings is 1. The Morgan fingerprint density at radius 3 is 1.88 bits per heavy atom. The van der Waals surface area contributed by atoms with Crippen molar-refractivity contribution >= 4 is 32.7 Å². The number of fused-ring (bicyclic) bond motifs is 7. The van der Waals surface area contributed by atoms with E-state index in [1.807, 2.05) is 18.2 Å². The van der Waals surface area contributed by atoms with Gasteiger partial charge in [0.2, 0.25) is 0 Å². The molecule has 1 aliphatic carbocycles. The van der Waals surface area contributed by atoms with Crippen molar-refractivity contribution in [3.8, 4) is 56.2 Å². The highest BCUT2D eigenvalue weighted by Gasteiger charge is 2.36. The van der Waals surface area contributed by atoms with Crippen LogP contribution in [-0.4, -0.2) is 9.97 Å². The lowest BCUT2D eigenvalue weighted by atomic mass is 9.81. The first kappa shape index (κ1) is 28.7. The zero-order valence-corrected chi connectivity index (χ0v) is 27.8. The normalized spacial score (nSPS) is 13.2. The van der Waals surface area contributed by atoms with Gasteiger partial charge in [0.15, 0.2) is 5.82 Å². The minimum Gasteiger partial charge on any atom is -0.456 e. The summed E-state index contributed by atoms with van der Waals surface area (Å²) in [6, 6.07) is 55.8. The van der Waals surface area contributed by atoms with Gasteiger partial charge in [0.1, 0.15) is 11.2 Å². The zero-order chi connectivity index (χ0) is 33.4. The molecule has 236 valence electrons. The van der Waals surface area contributed by atoms with Gasteiger partial charge in [0, 0.05) is 32.9 Å². The summed E-state index contributed by atoms with van der Waals surface area (Å²) in [5.41, 5.74) is 14.4. The van der Waals surface area contributed by atoms with Crippen LogP contribution < -0.4 is 0 Å². The number of nitrogens with zero attached hydrogens (tertiary/aromatic N) is 2. The molecule has 7 aromatic carbocycles. The Kier molecular flexibility index (Phi) is 6.22. The molecule has 0 N–H and O–H groups in total. The molecule has 0 bridgehead atoms. The molecular formula is C47H32N2O. The van der Waals surface area contributed by atoms with Crippen molar-refractivity contribution in [1.29, 1.82) is 0 Å². The topological polar surface area (TPSA) is 38.9 Å². The van der Waals surface area contributed by atoms with Crippen LogP contribution in [-0.2, 0) is 5.41 Å². The highest BCUT2D eigenvalue weighted by molar-refractivity contribution is 6.08. The molecule has 9 aromatic rings. The summed E-state index contributed by atoms with van der Waals surface area (Å²) in [4.78, 5) is 10.5. The molecule has 0 saturated heterocycles. The molecule has 3 heteroatoms. The van der Waals surface area contributed by atoms with Crippen molar-refractivity contribution in [2.75, 3.05) is 0 Å². The van der Waals surface area contributed by atoms with Gasteiger partial charge in [-0.3, -0.25) is 0 Å². The molecule has 0 aliphatic heterocycles. The number of aromatic nitrogens is 2. The third-order valence-electron chi connectivity index (χ3n) is 10.5. The second-order valence-corrected chi connectivity index (χ2v) is 13.7. The average Bonchev–Trinajstić information content (AvgIpc) is 3.66. The van der Waals surface area contributed by atoms with E-state index in [2.05, 4.69) is 153 Å². The van der Waals surface area contributed by atoms with E-state index in [0.717, 1.165) is 55.4 Å². The van der Waals surface area contributed by atoms with Gasteiger partial charge in [0.25, 0.3) is 0 Å². The Balaban J connectivity index is 1.19. The van der Waals surface area contributed by atoms with Gasteiger partial charge in [-0.15, -0.1) is 0 Å². The second-order valence-electron chi connectivity index (χ2n) is 13.7. The highest BCUT2D eigenvalue weighted by Crippen LogP contribution is 2.53. The maximum absolute atomic E-state index is 6.15. The Hall–Kier alpha value is -6.32. The standard InChI is InChI=1S/C47H32N2O/c1-47(2)39-20-10-8-18-37(39)45-35(19-12-21-40(45)47)33-24-25-36(32-16-7-6-15-31(32)33)46-48-41(29-13-4-3-5-14-29)28-42(49-46)30-23-26-44-38(27-30)34-17-9-11-22-43(34)50-44/h3-28H,1-2H3. The lowest BCUT2D eigenvalue weighted by Gasteiger charge is -2.21. The minimum atomic E-state index is -0.0639. The van der Waals surface area contributed by atoms with Crippen molar-refractivity contribution < 1.29 is 4.42 Å². The summed E-state index contributed by atoms with van der Waals surface area (Å²) in [6.45, 7) is 4.67. The van der Waals surface area contributed by atoms with Crippen LogP contribution >= 0.6 is 0 Å². The fourth-order valence-corrected chi connectivity index (χ4v) is 8.07. The summed E-state index contributed by atoms with van der Waals surface area (Å²) in [6.07, 6.45) is 0. The third kappa shape index (κ3) is 4.30. The van der Waals surface area contributed by atoms with Crippen LogP contribution in [0.15, 0.2) is 162 Å². The maximum Gasteiger partial charge on any atom is 0.161 e. The molecule has 0 radical (unpaired) electrons. The monoisotopic (exact) mass is 640 g/mol. The molecule has 0 unspecified atom stereocenters. The van der Waals surface area contributed by atoms with Crippen molar-refractivity contribution in [2.45, 2.75) is 19.3 Å². The van der Waals surface area contributed by atoms with Gasteiger partial charge in [-0.25, -0.2) is 9.97 Å². The van der Waals surface area contributed by atoms with Gasteiger partial charge in [-0.1, -0.05) is 135 Å². The first-order valence-corrected chi connectivity index (χ1v) is 17.2. The van der Waals surface area contributed by atoms with E-state index in [4.69, 9.17) is 14.4 Å². The smallest absolute Gasteiger partial charge is 0.161 e. The Bertz CT molecular complexity index is 2790.